The van der Waals surface area contributed by atoms with Gasteiger partial charge in [-0.25, -0.2) is 9.78 Å². The predicted octanol–water partition coefficient (Wildman–Crippen LogP) is 2.86. The van der Waals surface area contributed by atoms with Crippen LogP contribution in [-0.2, 0) is 4.74 Å². The van der Waals surface area contributed by atoms with Crippen molar-refractivity contribution in [2.24, 2.45) is 5.73 Å². The number of non-ortho nitro benzene ring substituents is 1. The molecule has 2 aromatic rings. The van der Waals surface area contributed by atoms with Crippen molar-refractivity contribution in [3.63, 3.8) is 0 Å². The number of carbonyl (C=O) groups is 1. The van der Waals surface area contributed by atoms with Crippen LogP contribution in [0.1, 0.15) is 22.3 Å². The summed E-state index contributed by atoms with van der Waals surface area (Å²) in [6.45, 7) is 3.63. The fourth-order valence-corrected chi connectivity index (χ4v) is 3.06. The van der Waals surface area contributed by atoms with Crippen molar-refractivity contribution in [1.82, 2.24) is 4.98 Å². The third-order valence-corrected chi connectivity index (χ3v) is 4.23. The first-order valence-corrected chi connectivity index (χ1v) is 8.05. The van der Waals surface area contributed by atoms with E-state index >= 15 is 0 Å². The molecule has 1 aromatic heterocycles. The molecule has 0 amide bonds. The van der Waals surface area contributed by atoms with Gasteiger partial charge in [-0.2, -0.15) is 0 Å². The highest BCUT2D eigenvalue weighted by Crippen LogP contribution is 2.35. The maximum atomic E-state index is 11.9. The van der Waals surface area contributed by atoms with Crippen LogP contribution in [0.3, 0.4) is 0 Å². The summed E-state index contributed by atoms with van der Waals surface area (Å²) in [5.41, 5.74) is 6.77. The van der Waals surface area contributed by atoms with Gasteiger partial charge in [-0.1, -0.05) is 0 Å². The molecule has 0 aliphatic carbocycles. The number of nitrogens with two attached hydrogens (primary N) is 1. The van der Waals surface area contributed by atoms with Gasteiger partial charge in [0.05, 0.1) is 22.9 Å². The molecule has 0 spiro atoms. The van der Waals surface area contributed by atoms with E-state index in [0.717, 1.165) is 11.3 Å². The number of thiazole rings is 1. The van der Waals surface area contributed by atoms with Gasteiger partial charge < -0.3 is 15.8 Å². The van der Waals surface area contributed by atoms with E-state index in [2.05, 4.69) is 10.3 Å². The number of esters is 1. The van der Waals surface area contributed by atoms with Gasteiger partial charge in [0.15, 0.2) is 5.11 Å². The Labute approximate surface area is 146 Å². The van der Waals surface area contributed by atoms with Crippen molar-refractivity contribution in [2.75, 3.05) is 11.9 Å². The van der Waals surface area contributed by atoms with E-state index in [1.165, 1.54) is 18.2 Å². The third-order valence-electron chi connectivity index (χ3n) is 2.96. The standard InChI is InChI=1S/C14H14N4O4S2/c1-3-22-13(19)11-7(2)16-12(24-11)9-6-8(18(20)21)4-5-10(9)17-14(15)23/h4-6H,3H2,1-2H3,(H3,15,17,23). The molecule has 0 bridgehead atoms. The number of ether oxygens (including phenoxy) is 1. The predicted molar refractivity (Wildman–Crippen MR) is 95.3 cm³/mol. The second-order valence-corrected chi connectivity index (χ2v) is 6.07. The van der Waals surface area contributed by atoms with Gasteiger partial charge in [-0.05, 0) is 32.1 Å². The Morgan fingerprint density at radius 2 is 2.25 bits per heavy atom. The Balaban J connectivity index is 2.55. The molecule has 3 N–H and O–H groups in total. The number of benzene rings is 1. The van der Waals surface area contributed by atoms with E-state index < -0.39 is 10.9 Å². The summed E-state index contributed by atoms with van der Waals surface area (Å²) in [7, 11) is 0. The molecular formula is C14H14N4O4S2. The van der Waals surface area contributed by atoms with Gasteiger partial charge in [0.2, 0.25) is 0 Å². The lowest BCUT2D eigenvalue weighted by molar-refractivity contribution is -0.384. The van der Waals surface area contributed by atoms with E-state index in [1.807, 2.05) is 0 Å². The summed E-state index contributed by atoms with van der Waals surface area (Å²) in [6, 6.07) is 4.18. The first-order chi connectivity index (χ1) is 11.3. The normalized spacial score (nSPS) is 10.2. The number of hydrogen-bond acceptors (Lipinski definition) is 7. The molecule has 0 aliphatic heterocycles. The zero-order valence-corrected chi connectivity index (χ0v) is 14.5. The van der Waals surface area contributed by atoms with Crippen LogP contribution < -0.4 is 11.1 Å². The third kappa shape index (κ3) is 3.84. The van der Waals surface area contributed by atoms with Crippen LogP contribution in [0.5, 0.6) is 0 Å². The van der Waals surface area contributed by atoms with Crippen LogP contribution >= 0.6 is 23.6 Å². The van der Waals surface area contributed by atoms with E-state index in [4.69, 9.17) is 22.7 Å². The second kappa shape index (κ2) is 7.32. The number of hydrogen-bond donors (Lipinski definition) is 2. The lowest BCUT2D eigenvalue weighted by atomic mass is 10.1. The minimum atomic E-state index is -0.513. The van der Waals surface area contributed by atoms with Gasteiger partial charge in [-0.15, -0.1) is 11.3 Å². The van der Waals surface area contributed by atoms with Crippen LogP contribution in [0.2, 0.25) is 0 Å². The highest BCUT2D eigenvalue weighted by molar-refractivity contribution is 7.80. The number of anilines is 1. The molecule has 10 heteroatoms. The van der Waals surface area contributed by atoms with Crippen LogP contribution in [0, 0.1) is 17.0 Å². The summed E-state index contributed by atoms with van der Waals surface area (Å²) >= 11 is 5.91. The Bertz CT molecular complexity index is 819. The lowest BCUT2D eigenvalue weighted by Crippen LogP contribution is -2.19. The number of nitrogens with zero attached hydrogens (tertiary/aromatic N) is 2. The lowest BCUT2D eigenvalue weighted by Gasteiger charge is -2.08. The molecule has 2 rings (SSSR count). The van der Waals surface area contributed by atoms with Crippen LogP contribution in [0.25, 0.3) is 10.6 Å². The van der Waals surface area contributed by atoms with Gasteiger partial charge in [-0.3, -0.25) is 10.1 Å². The van der Waals surface area contributed by atoms with E-state index in [1.54, 1.807) is 13.8 Å². The number of nitro groups is 1. The molecule has 24 heavy (non-hydrogen) atoms. The molecule has 1 aromatic carbocycles. The van der Waals surface area contributed by atoms with Crippen molar-refractivity contribution >= 4 is 46.0 Å². The molecular weight excluding hydrogens is 352 g/mol. The van der Waals surface area contributed by atoms with Gasteiger partial charge in [0.25, 0.3) is 5.69 Å². The largest absolute Gasteiger partial charge is 0.462 e. The molecule has 0 fully saturated rings. The SMILES string of the molecule is CCOC(=O)c1sc(-c2cc([N+](=O)[O-])ccc2NC(N)=S)nc1C. The van der Waals surface area contributed by atoms with Crippen LogP contribution in [0.15, 0.2) is 18.2 Å². The minimum Gasteiger partial charge on any atom is -0.462 e. The topological polar surface area (TPSA) is 120 Å². The van der Waals surface area contributed by atoms with Gasteiger partial charge in [0, 0.05) is 17.7 Å². The molecule has 1 heterocycles. The number of nitro benzene ring substituents is 1. The van der Waals surface area contributed by atoms with Gasteiger partial charge in [0.1, 0.15) is 9.88 Å². The van der Waals surface area contributed by atoms with Crippen molar-refractivity contribution in [1.29, 1.82) is 0 Å². The highest BCUT2D eigenvalue weighted by atomic mass is 32.1. The summed E-state index contributed by atoms with van der Waals surface area (Å²) in [4.78, 5) is 27.1. The zero-order valence-electron chi connectivity index (χ0n) is 12.9. The molecule has 0 atom stereocenters. The molecule has 0 aliphatic rings. The average Bonchev–Trinajstić information content (AvgIpc) is 2.89. The molecule has 0 saturated heterocycles. The summed E-state index contributed by atoms with van der Waals surface area (Å²) in [6.07, 6.45) is 0. The summed E-state index contributed by atoms with van der Waals surface area (Å²) in [5.74, 6) is -0.479. The summed E-state index contributed by atoms with van der Waals surface area (Å²) in [5, 5.41) is 14.2. The number of carbonyl (C=O) groups excluding carboxylic acids is 1. The Hall–Kier alpha value is -2.59. The summed E-state index contributed by atoms with van der Waals surface area (Å²) < 4.78 is 4.98. The molecule has 8 nitrogen and oxygen atoms in total. The quantitative estimate of drug-likeness (QED) is 0.359. The maximum absolute atomic E-state index is 11.9. The van der Waals surface area contributed by atoms with Crippen molar-refractivity contribution < 1.29 is 14.5 Å². The number of thiocarbonyl (C=S) groups is 1. The molecule has 126 valence electrons. The van der Waals surface area contributed by atoms with E-state index in [0.29, 0.717) is 26.8 Å². The highest BCUT2D eigenvalue weighted by Gasteiger charge is 2.21. The van der Waals surface area contributed by atoms with Crippen molar-refractivity contribution in [3.8, 4) is 10.6 Å². The first kappa shape index (κ1) is 17.8. The van der Waals surface area contributed by atoms with Crippen molar-refractivity contribution in [3.05, 3.63) is 38.9 Å². The van der Waals surface area contributed by atoms with E-state index in [-0.39, 0.29) is 17.4 Å². The zero-order chi connectivity index (χ0) is 17.9. The average molecular weight is 366 g/mol. The van der Waals surface area contributed by atoms with Crippen LogP contribution in [0.4, 0.5) is 11.4 Å². The second-order valence-electron chi connectivity index (χ2n) is 4.63. The molecule has 0 unspecified atom stereocenters. The minimum absolute atomic E-state index is 0.0176. The Kier molecular flexibility index (Phi) is 5.42. The van der Waals surface area contributed by atoms with Gasteiger partial charge >= 0.3 is 5.97 Å². The van der Waals surface area contributed by atoms with Crippen LogP contribution in [-0.4, -0.2) is 27.6 Å². The van der Waals surface area contributed by atoms with Crippen molar-refractivity contribution in [2.45, 2.75) is 13.8 Å². The molecule has 0 radical (unpaired) electrons. The molecule has 0 saturated carbocycles. The number of aryl methyl sites for hydroxylation is 1. The monoisotopic (exact) mass is 366 g/mol. The smallest absolute Gasteiger partial charge is 0.350 e. The number of aromatic nitrogens is 1. The Morgan fingerprint density at radius 1 is 1.54 bits per heavy atom. The fraction of sp³-hybridized carbons (Fsp3) is 0.214. The van der Waals surface area contributed by atoms with E-state index in [9.17, 15) is 14.9 Å². The Morgan fingerprint density at radius 3 is 2.83 bits per heavy atom. The fourth-order valence-electron chi connectivity index (χ4n) is 1.96. The number of rotatable bonds is 5. The first-order valence-electron chi connectivity index (χ1n) is 6.83. The number of nitrogens with one attached hydrogen (secondary N) is 1. The maximum Gasteiger partial charge on any atom is 0.350 e.